The molecule has 0 aliphatic rings. The molecule has 1 heterocycles. The summed E-state index contributed by atoms with van der Waals surface area (Å²) in [5.41, 5.74) is 3.05. The van der Waals surface area contributed by atoms with Gasteiger partial charge in [-0.2, -0.15) is 13.2 Å². The largest absolute Gasteiger partial charge is 0.416 e. The van der Waals surface area contributed by atoms with Crippen LogP contribution in [0.1, 0.15) is 16.8 Å². The van der Waals surface area contributed by atoms with Crippen LogP contribution in [0.5, 0.6) is 0 Å². The summed E-state index contributed by atoms with van der Waals surface area (Å²) in [6.45, 7) is 2.75. The zero-order chi connectivity index (χ0) is 20.0. The molecule has 0 aliphatic carbocycles. The predicted octanol–water partition coefficient (Wildman–Crippen LogP) is 4.51. The molecule has 1 N–H and O–H groups in total. The van der Waals surface area contributed by atoms with Gasteiger partial charge in [-0.25, -0.2) is 4.98 Å². The molecule has 3 rings (SSSR count). The molecule has 0 unspecified atom stereocenters. The molecule has 28 heavy (non-hydrogen) atoms. The van der Waals surface area contributed by atoms with Crippen LogP contribution in [0, 0.1) is 0 Å². The van der Waals surface area contributed by atoms with Crippen LogP contribution in [0.15, 0.2) is 61.1 Å². The number of ether oxygens (including phenoxy) is 1. The molecule has 3 aromatic rings. The number of imidazole rings is 1. The van der Waals surface area contributed by atoms with E-state index in [4.69, 9.17) is 4.74 Å². The molecule has 7 heteroatoms. The predicted molar refractivity (Wildman–Crippen MR) is 102 cm³/mol. The second kappa shape index (κ2) is 9.03. The second-order valence-corrected chi connectivity index (χ2v) is 6.47. The lowest BCUT2D eigenvalue weighted by Gasteiger charge is -2.09. The summed E-state index contributed by atoms with van der Waals surface area (Å²) in [5, 5.41) is 3.34. The van der Waals surface area contributed by atoms with Crippen LogP contribution >= 0.6 is 0 Å². The molecule has 0 atom stereocenters. The van der Waals surface area contributed by atoms with Crippen LogP contribution < -0.4 is 5.32 Å². The highest BCUT2D eigenvalue weighted by atomic mass is 19.4. The van der Waals surface area contributed by atoms with Gasteiger partial charge in [0.1, 0.15) is 0 Å². The van der Waals surface area contributed by atoms with E-state index >= 15 is 0 Å². The van der Waals surface area contributed by atoms with Crippen molar-refractivity contribution in [2.24, 2.45) is 0 Å². The second-order valence-electron chi connectivity index (χ2n) is 6.47. The lowest BCUT2D eigenvalue weighted by molar-refractivity contribution is -0.137. The van der Waals surface area contributed by atoms with E-state index < -0.39 is 11.7 Å². The van der Waals surface area contributed by atoms with Crippen molar-refractivity contribution >= 4 is 0 Å². The molecule has 4 nitrogen and oxygen atoms in total. The fourth-order valence-corrected chi connectivity index (χ4v) is 2.82. The van der Waals surface area contributed by atoms with E-state index in [-0.39, 0.29) is 0 Å². The van der Waals surface area contributed by atoms with Crippen LogP contribution in [-0.4, -0.2) is 23.3 Å². The minimum Gasteiger partial charge on any atom is -0.383 e. The molecular formula is C21H22F3N3O. The zero-order valence-electron chi connectivity index (χ0n) is 15.5. The lowest BCUT2D eigenvalue weighted by atomic mass is 10.0. The van der Waals surface area contributed by atoms with E-state index in [1.54, 1.807) is 13.4 Å². The number of hydrogen-bond acceptors (Lipinski definition) is 3. The Morgan fingerprint density at radius 3 is 2.21 bits per heavy atom. The number of nitrogens with one attached hydrogen (secondary N) is 1. The maximum atomic E-state index is 12.7. The minimum absolute atomic E-state index is 0.637. The topological polar surface area (TPSA) is 39.1 Å². The normalized spacial score (nSPS) is 11.7. The highest BCUT2D eigenvalue weighted by Gasteiger charge is 2.29. The highest BCUT2D eigenvalue weighted by molar-refractivity contribution is 5.64. The minimum atomic E-state index is -4.31. The van der Waals surface area contributed by atoms with Crippen molar-refractivity contribution in [2.45, 2.75) is 25.8 Å². The first-order chi connectivity index (χ1) is 13.5. The summed E-state index contributed by atoms with van der Waals surface area (Å²) in [6.07, 6.45) is -0.539. The third kappa shape index (κ3) is 5.43. The standard InChI is InChI=1S/C21H22F3N3O/c1-28-11-10-27-14-20(26-15-27)13-25-12-16-2-4-17(5-3-16)18-6-8-19(9-7-18)21(22,23)24/h2-9,14-15,25H,10-13H2,1H3. The molecular weight excluding hydrogens is 367 g/mol. The molecule has 0 aliphatic heterocycles. The summed E-state index contributed by atoms with van der Waals surface area (Å²) >= 11 is 0. The maximum Gasteiger partial charge on any atom is 0.416 e. The number of rotatable bonds is 8. The molecule has 2 aromatic carbocycles. The van der Waals surface area contributed by atoms with Crippen molar-refractivity contribution in [1.82, 2.24) is 14.9 Å². The Labute approximate surface area is 162 Å². The molecule has 0 radical (unpaired) electrons. The Morgan fingerprint density at radius 2 is 1.61 bits per heavy atom. The summed E-state index contributed by atoms with van der Waals surface area (Å²) in [6, 6.07) is 13.0. The molecule has 0 fully saturated rings. The number of halogens is 3. The third-order valence-electron chi connectivity index (χ3n) is 4.38. The molecule has 0 saturated heterocycles. The van der Waals surface area contributed by atoms with Crippen molar-refractivity contribution in [3.8, 4) is 11.1 Å². The van der Waals surface area contributed by atoms with Gasteiger partial charge in [0.2, 0.25) is 0 Å². The number of nitrogens with zero attached hydrogens (tertiary/aromatic N) is 2. The van der Waals surface area contributed by atoms with Crippen molar-refractivity contribution in [3.63, 3.8) is 0 Å². The number of methoxy groups -OCH3 is 1. The van der Waals surface area contributed by atoms with Crippen molar-refractivity contribution in [3.05, 3.63) is 77.9 Å². The molecule has 1 aromatic heterocycles. The van der Waals surface area contributed by atoms with E-state index in [0.29, 0.717) is 19.7 Å². The fraction of sp³-hybridized carbons (Fsp3) is 0.286. The van der Waals surface area contributed by atoms with Crippen LogP contribution in [0.3, 0.4) is 0 Å². The van der Waals surface area contributed by atoms with Crippen molar-refractivity contribution in [2.75, 3.05) is 13.7 Å². The third-order valence-corrected chi connectivity index (χ3v) is 4.38. The Morgan fingerprint density at radius 1 is 0.964 bits per heavy atom. The molecule has 0 bridgehead atoms. The van der Waals surface area contributed by atoms with Gasteiger partial charge in [0, 0.05) is 32.9 Å². The van der Waals surface area contributed by atoms with E-state index in [0.717, 1.165) is 41.1 Å². The van der Waals surface area contributed by atoms with Crippen LogP contribution in [0.2, 0.25) is 0 Å². The average molecular weight is 389 g/mol. The summed E-state index contributed by atoms with van der Waals surface area (Å²) in [7, 11) is 1.67. The Hall–Kier alpha value is -2.64. The van der Waals surface area contributed by atoms with E-state index in [1.807, 2.05) is 35.0 Å². The molecule has 0 amide bonds. The molecule has 0 saturated carbocycles. The van der Waals surface area contributed by atoms with Gasteiger partial charge < -0.3 is 14.6 Å². The Bertz CT molecular complexity index is 871. The molecule has 148 valence electrons. The Balaban J connectivity index is 1.52. The fourth-order valence-electron chi connectivity index (χ4n) is 2.82. The Kier molecular flexibility index (Phi) is 6.49. The van der Waals surface area contributed by atoms with Gasteiger partial charge >= 0.3 is 6.18 Å². The van der Waals surface area contributed by atoms with Gasteiger partial charge in [-0.1, -0.05) is 36.4 Å². The van der Waals surface area contributed by atoms with Gasteiger partial charge in [0.15, 0.2) is 0 Å². The van der Waals surface area contributed by atoms with Gasteiger partial charge in [-0.3, -0.25) is 0 Å². The summed E-state index contributed by atoms with van der Waals surface area (Å²) in [4.78, 5) is 4.34. The number of aromatic nitrogens is 2. The van der Waals surface area contributed by atoms with Crippen LogP contribution in [0.4, 0.5) is 13.2 Å². The summed E-state index contributed by atoms with van der Waals surface area (Å²) < 4.78 is 45.0. The SMILES string of the molecule is COCCn1cnc(CNCc2ccc(-c3ccc(C(F)(F)F)cc3)cc2)c1. The van der Waals surface area contributed by atoms with E-state index in [9.17, 15) is 13.2 Å². The number of benzene rings is 2. The van der Waals surface area contributed by atoms with Gasteiger partial charge in [-0.15, -0.1) is 0 Å². The molecule has 0 spiro atoms. The van der Waals surface area contributed by atoms with Gasteiger partial charge in [0.25, 0.3) is 0 Å². The number of hydrogen-bond donors (Lipinski definition) is 1. The first kappa shape index (κ1) is 20.1. The maximum absolute atomic E-state index is 12.7. The van der Waals surface area contributed by atoms with Crippen molar-refractivity contribution < 1.29 is 17.9 Å². The van der Waals surface area contributed by atoms with Gasteiger partial charge in [-0.05, 0) is 28.8 Å². The lowest BCUT2D eigenvalue weighted by Crippen LogP contribution is -2.12. The van der Waals surface area contributed by atoms with Crippen molar-refractivity contribution in [1.29, 1.82) is 0 Å². The highest BCUT2D eigenvalue weighted by Crippen LogP contribution is 2.31. The van der Waals surface area contributed by atoms with E-state index in [2.05, 4.69) is 10.3 Å². The van der Waals surface area contributed by atoms with E-state index in [1.165, 1.54) is 12.1 Å². The summed E-state index contributed by atoms with van der Waals surface area (Å²) in [5.74, 6) is 0. The quantitative estimate of drug-likeness (QED) is 0.616. The first-order valence-electron chi connectivity index (χ1n) is 8.92. The first-order valence-corrected chi connectivity index (χ1v) is 8.92. The van der Waals surface area contributed by atoms with Crippen LogP contribution in [0.25, 0.3) is 11.1 Å². The average Bonchev–Trinajstić information content (AvgIpc) is 3.14. The van der Waals surface area contributed by atoms with Gasteiger partial charge in [0.05, 0.1) is 24.2 Å². The zero-order valence-corrected chi connectivity index (χ0v) is 15.5. The van der Waals surface area contributed by atoms with Crippen LogP contribution in [-0.2, 0) is 30.5 Å². The monoisotopic (exact) mass is 389 g/mol. The smallest absolute Gasteiger partial charge is 0.383 e. The number of alkyl halides is 3.